The zero-order chi connectivity index (χ0) is 14.3. The lowest BCUT2D eigenvalue weighted by Gasteiger charge is -2.06. The molecule has 0 spiro atoms. The molecule has 1 rings (SSSR count). The molecule has 1 aromatic heterocycles. The zero-order valence-corrected chi connectivity index (χ0v) is 11.2. The fraction of sp³-hybridized carbons (Fsp3) is 0.583. The van der Waals surface area contributed by atoms with Crippen molar-refractivity contribution in [3.05, 3.63) is 12.0 Å². The number of hydrogen-bond acceptors (Lipinski definition) is 6. The minimum atomic E-state index is -0.487. The number of carbonyl (C=O) groups is 2. The molecule has 106 valence electrons. The van der Waals surface area contributed by atoms with Crippen molar-refractivity contribution >= 4 is 17.8 Å². The first kappa shape index (κ1) is 15.0. The van der Waals surface area contributed by atoms with E-state index in [1.54, 1.807) is 17.7 Å². The summed E-state index contributed by atoms with van der Waals surface area (Å²) in [5.74, 6) is -0.298. The Morgan fingerprint density at radius 3 is 2.74 bits per heavy atom. The Labute approximate surface area is 111 Å². The van der Waals surface area contributed by atoms with Crippen molar-refractivity contribution in [2.24, 2.45) is 0 Å². The molecule has 0 aliphatic carbocycles. The van der Waals surface area contributed by atoms with E-state index in [-0.39, 0.29) is 24.2 Å². The average Bonchev–Trinajstić information content (AvgIpc) is 2.70. The third-order valence-corrected chi connectivity index (χ3v) is 2.35. The van der Waals surface area contributed by atoms with E-state index in [1.165, 1.54) is 6.92 Å². The van der Waals surface area contributed by atoms with Crippen LogP contribution in [0, 0.1) is 0 Å². The summed E-state index contributed by atoms with van der Waals surface area (Å²) in [5, 5.41) is 0. The molecule has 19 heavy (non-hydrogen) atoms. The van der Waals surface area contributed by atoms with Gasteiger partial charge in [-0.15, -0.1) is 0 Å². The molecular weight excluding hydrogens is 250 g/mol. The Kier molecular flexibility index (Phi) is 5.84. The van der Waals surface area contributed by atoms with Crippen LogP contribution < -0.4 is 5.73 Å². The number of hydrogen-bond donors (Lipinski definition) is 1. The van der Waals surface area contributed by atoms with E-state index in [9.17, 15) is 9.59 Å². The molecule has 1 heterocycles. The molecule has 2 N–H and O–H groups in total. The number of nitrogens with zero attached hydrogens (tertiary/aromatic N) is 2. The van der Waals surface area contributed by atoms with E-state index in [0.717, 1.165) is 6.42 Å². The van der Waals surface area contributed by atoms with Crippen LogP contribution in [0.3, 0.4) is 0 Å². The summed E-state index contributed by atoms with van der Waals surface area (Å²) in [6, 6.07) is 0. The van der Waals surface area contributed by atoms with Crippen LogP contribution >= 0.6 is 0 Å². The van der Waals surface area contributed by atoms with Crippen molar-refractivity contribution in [2.45, 2.75) is 33.2 Å². The van der Waals surface area contributed by atoms with Crippen LogP contribution in [0.1, 0.15) is 37.3 Å². The van der Waals surface area contributed by atoms with Gasteiger partial charge in [0.1, 0.15) is 5.82 Å². The Balaban J connectivity index is 2.48. The molecule has 0 aromatic carbocycles. The molecule has 7 heteroatoms. The van der Waals surface area contributed by atoms with Crippen molar-refractivity contribution in [3.8, 4) is 0 Å². The molecule has 0 aliphatic rings. The maximum atomic E-state index is 11.6. The number of aromatic nitrogens is 2. The average molecular weight is 269 g/mol. The van der Waals surface area contributed by atoms with Gasteiger partial charge in [0.25, 0.3) is 0 Å². The van der Waals surface area contributed by atoms with Crippen LogP contribution in [0.25, 0.3) is 0 Å². The highest BCUT2D eigenvalue weighted by atomic mass is 16.5. The molecule has 0 aliphatic heterocycles. The van der Waals surface area contributed by atoms with Crippen LogP contribution in [0.5, 0.6) is 0 Å². The maximum Gasteiger partial charge on any atom is 0.374 e. The van der Waals surface area contributed by atoms with Gasteiger partial charge in [-0.1, -0.05) is 0 Å². The zero-order valence-electron chi connectivity index (χ0n) is 11.2. The molecule has 0 unspecified atom stereocenters. The number of rotatable bonds is 7. The third kappa shape index (κ3) is 4.99. The lowest BCUT2D eigenvalue weighted by atomic mass is 10.3. The Hall–Kier alpha value is -2.05. The standard InChI is InChI=1S/C12H19N3O4/c1-3-18-12(17)11-14-10(13)8-15(11)6-4-5-7-19-9(2)16/h8H,3-7,13H2,1-2H3. The number of nitrogens with two attached hydrogens (primary N) is 1. The van der Waals surface area contributed by atoms with Crippen LogP contribution in [0.15, 0.2) is 6.20 Å². The summed E-state index contributed by atoms with van der Waals surface area (Å²) in [6.07, 6.45) is 3.05. The minimum Gasteiger partial charge on any atom is -0.466 e. The summed E-state index contributed by atoms with van der Waals surface area (Å²) in [5.41, 5.74) is 5.57. The Morgan fingerprint density at radius 1 is 1.37 bits per heavy atom. The topological polar surface area (TPSA) is 96.4 Å². The summed E-state index contributed by atoms with van der Waals surface area (Å²) in [4.78, 5) is 26.1. The number of esters is 2. The SMILES string of the molecule is CCOC(=O)c1nc(N)cn1CCCCOC(C)=O. The molecule has 0 atom stereocenters. The number of aryl methyl sites for hydroxylation is 1. The van der Waals surface area contributed by atoms with Crippen molar-refractivity contribution in [2.75, 3.05) is 18.9 Å². The molecule has 1 aromatic rings. The maximum absolute atomic E-state index is 11.6. The molecule has 0 saturated heterocycles. The van der Waals surface area contributed by atoms with Crippen molar-refractivity contribution in [3.63, 3.8) is 0 Å². The molecule has 0 amide bonds. The van der Waals surface area contributed by atoms with Gasteiger partial charge in [0.05, 0.1) is 13.2 Å². The smallest absolute Gasteiger partial charge is 0.374 e. The fourth-order valence-corrected chi connectivity index (χ4v) is 1.57. The summed E-state index contributed by atoms with van der Waals surface area (Å²) >= 11 is 0. The highest BCUT2D eigenvalue weighted by molar-refractivity contribution is 5.86. The Morgan fingerprint density at radius 2 is 2.11 bits per heavy atom. The largest absolute Gasteiger partial charge is 0.466 e. The monoisotopic (exact) mass is 269 g/mol. The highest BCUT2D eigenvalue weighted by Gasteiger charge is 2.15. The number of carbonyl (C=O) groups excluding carboxylic acids is 2. The van der Waals surface area contributed by atoms with E-state index >= 15 is 0 Å². The lowest BCUT2D eigenvalue weighted by molar-refractivity contribution is -0.141. The highest BCUT2D eigenvalue weighted by Crippen LogP contribution is 2.08. The summed E-state index contributed by atoms with van der Waals surface area (Å²) < 4.78 is 11.4. The first-order valence-corrected chi connectivity index (χ1v) is 6.17. The van der Waals surface area contributed by atoms with Crippen LogP contribution in [0.4, 0.5) is 5.82 Å². The van der Waals surface area contributed by atoms with Crippen LogP contribution in [-0.2, 0) is 20.8 Å². The third-order valence-electron chi connectivity index (χ3n) is 2.35. The minimum absolute atomic E-state index is 0.201. The van der Waals surface area contributed by atoms with E-state index < -0.39 is 5.97 Å². The van der Waals surface area contributed by atoms with Gasteiger partial charge < -0.3 is 19.8 Å². The van der Waals surface area contributed by atoms with Gasteiger partial charge in [0, 0.05) is 19.7 Å². The fourth-order valence-electron chi connectivity index (χ4n) is 1.57. The van der Waals surface area contributed by atoms with E-state index in [4.69, 9.17) is 15.2 Å². The Bertz CT molecular complexity index is 442. The number of anilines is 1. The van der Waals surface area contributed by atoms with E-state index in [2.05, 4.69) is 4.98 Å². The first-order chi connectivity index (χ1) is 9.04. The van der Waals surface area contributed by atoms with Gasteiger partial charge in [0.15, 0.2) is 0 Å². The quantitative estimate of drug-likeness (QED) is 0.585. The number of unbranched alkanes of at least 4 members (excludes halogenated alkanes) is 1. The second-order valence-corrected chi connectivity index (χ2v) is 3.95. The summed E-state index contributed by atoms with van der Waals surface area (Å²) in [6.45, 7) is 4.33. The van der Waals surface area contributed by atoms with E-state index in [0.29, 0.717) is 19.6 Å². The predicted molar refractivity (Wildman–Crippen MR) is 68.5 cm³/mol. The summed E-state index contributed by atoms with van der Waals surface area (Å²) in [7, 11) is 0. The molecule has 0 bridgehead atoms. The molecule has 0 fully saturated rings. The van der Waals surface area contributed by atoms with Gasteiger partial charge in [-0.05, 0) is 19.8 Å². The molecule has 7 nitrogen and oxygen atoms in total. The number of ether oxygens (including phenoxy) is 2. The molecular formula is C12H19N3O4. The van der Waals surface area contributed by atoms with Crippen molar-refractivity contribution in [1.82, 2.24) is 9.55 Å². The van der Waals surface area contributed by atoms with Gasteiger partial charge in [0.2, 0.25) is 5.82 Å². The van der Waals surface area contributed by atoms with E-state index in [1.807, 2.05) is 0 Å². The normalized spacial score (nSPS) is 10.2. The molecule has 0 radical (unpaired) electrons. The number of imidazole rings is 1. The van der Waals surface area contributed by atoms with Crippen LogP contribution in [0.2, 0.25) is 0 Å². The van der Waals surface area contributed by atoms with Gasteiger partial charge in [-0.3, -0.25) is 4.79 Å². The van der Waals surface area contributed by atoms with Gasteiger partial charge in [-0.25, -0.2) is 9.78 Å². The predicted octanol–water partition coefficient (Wildman–Crippen LogP) is 0.985. The van der Waals surface area contributed by atoms with Gasteiger partial charge in [-0.2, -0.15) is 0 Å². The first-order valence-electron chi connectivity index (χ1n) is 6.17. The van der Waals surface area contributed by atoms with Crippen molar-refractivity contribution in [1.29, 1.82) is 0 Å². The van der Waals surface area contributed by atoms with Gasteiger partial charge >= 0.3 is 11.9 Å². The lowest BCUT2D eigenvalue weighted by Crippen LogP contribution is -2.13. The second kappa shape index (κ2) is 7.40. The second-order valence-electron chi connectivity index (χ2n) is 3.95. The molecule has 0 saturated carbocycles. The number of nitrogen functional groups attached to an aromatic ring is 1. The van der Waals surface area contributed by atoms with Crippen molar-refractivity contribution < 1.29 is 19.1 Å². The van der Waals surface area contributed by atoms with Crippen LogP contribution in [-0.4, -0.2) is 34.7 Å².